The quantitative estimate of drug-likeness (QED) is 0.809. The Labute approximate surface area is 148 Å². The summed E-state index contributed by atoms with van der Waals surface area (Å²) in [6, 6.07) is 7.60. The first-order valence-electron chi connectivity index (χ1n) is 8.73. The SMILES string of the molecule is CC(=O)N(CCC(=O)N1CCCc2ccccc21)C1CCS(=O)(=O)C1. The standard InChI is InChI=1S/C18H24N2O4S/c1-14(21)19(16-9-12-25(23,24)13-16)11-8-18(22)20-10-4-6-15-5-2-3-7-17(15)20/h2-3,5,7,16H,4,6,8-13H2,1H3. The summed E-state index contributed by atoms with van der Waals surface area (Å²) in [4.78, 5) is 28.0. The van der Waals surface area contributed by atoms with E-state index in [9.17, 15) is 18.0 Å². The molecule has 2 aliphatic heterocycles. The van der Waals surface area contributed by atoms with Crippen molar-refractivity contribution < 1.29 is 18.0 Å². The van der Waals surface area contributed by atoms with Gasteiger partial charge in [-0.25, -0.2) is 8.42 Å². The van der Waals surface area contributed by atoms with Gasteiger partial charge in [-0.2, -0.15) is 0 Å². The summed E-state index contributed by atoms with van der Waals surface area (Å²) in [5.74, 6) is -0.0597. The van der Waals surface area contributed by atoms with Gasteiger partial charge in [-0.3, -0.25) is 9.59 Å². The van der Waals surface area contributed by atoms with Crippen molar-refractivity contribution in [2.24, 2.45) is 0 Å². The van der Waals surface area contributed by atoms with E-state index in [1.165, 1.54) is 12.5 Å². The third-order valence-corrected chi connectivity index (χ3v) is 6.78. The van der Waals surface area contributed by atoms with Crippen molar-refractivity contribution >= 4 is 27.3 Å². The lowest BCUT2D eigenvalue weighted by Crippen LogP contribution is -2.43. The number of nitrogens with zero attached hydrogens (tertiary/aromatic N) is 2. The van der Waals surface area contributed by atoms with Crippen LogP contribution in [0.2, 0.25) is 0 Å². The van der Waals surface area contributed by atoms with Crippen LogP contribution in [-0.4, -0.2) is 55.8 Å². The van der Waals surface area contributed by atoms with Gasteiger partial charge in [-0.05, 0) is 30.9 Å². The van der Waals surface area contributed by atoms with E-state index in [-0.39, 0.29) is 42.3 Å². The highest BCUT2D eigenvalue weighted by molar-refractivity contribution is 7.91. The van der Waals surface area contributed by atoms with Crippen LogP contribution in [0.5, 0.6) is 0 Å². The van der Waals surface area contributed by atoms with Crippen molar-refractivity contribution in [3.8, 4) is 0 Å². The van der Waals surface area contributed by atoms with Gasteiger partial charge in [0.25, 0.3) is 0 Å². The van der Waals surface area contributed by atoms with Crippen molar-refractivity contribution in [3.05, 3.63) is 29.8 Å². The van der Waals surface area contributed by atoms with Gasteiger partial charge < -0.3 is 9.80 Å². The molecule has 0 radical (unpaired) electrons. The first-order chi connectivity index (χ1) is 11.9. The molecule has 0 saturated carbocycles. The predicted molar refractivity (Wildman–Crippen MR) is 96.2 cm³/mol. The van der Waals surface area contributed by atoms with Gasteiger partial charge >= 0.3 is 0 Å². The molecular formula is C18H24N2O4S. The molecule has 3 rings (SSSR count). The number of fused-ring (bicyclic) bond motifs is 1. The largest absolute Gasteiger partial charge is 0.338 e. The first-order valence-corrected chi connectivity index (χ1v) is 10.6. The second-order valence-corrected chi connectivity index (χ2v) is 9.03. The Balaban J connectivity index is 1.66. The molecule has 0 aromatic heterocycles. The molecule has 1 fully saturated rings. The van der Waals surface area contributed by atoms with Gasteiger partial charge in [-0.15, -0.1) is 0 Å². The van der Waals surface area contributed by atoms with Crippen molar-refractivity contribution in [1.82, 2.24) is 4.90 Å². The van der Waals surface area contributed by atoms with Gasteiger partial charge in [0, 0.05) is 38.2 Å². The van der Waals surface area contributed by atoms with Gasteiger partial charge in [0.05, 0.1) is 11.5 Å². The summed E-state index contributed by atoms with van der Waals surface area (Å²) in [5.41, 5.74) is 2.13. The van der Waals surface area contributed by atoms with E-state index in [2.05, 4.69) is 0 Å². The van der Waals surface area contributed by atoms with E-state index in [0.29, 0.717) is 13.0 Å². The number of hydrogen-bond acceptors (Lipinski definition) is 4. The van der Waals surface area contributed by atoms with Crippen LogP contribution in [0.1, 0.15) is 31.7 Å². The molecule has 0 bridgehead atoms. The van der Waals surface area contributed by atoms with Gasteiger partial charge in [-0.1, -0.05) is 18.2 Å². The predicted octanol–water partition coefficient (Wildman–Crippen LogP) is 1.39. The van der Waals surface area contributed by atoms with Gasteiger partial charge in [0.1, 0.15) is 0 Å². The van der Waals surface area contributed by atoms with Crippen LogP contribution >= 0.6 is 0 Å². The number of rotatable bonds is 4. The Morgan fingerprint density at radius 2 is 2.04 bits per heavy atom. The minimum Gasteiger partial charge on any atom is -0.338 e. The molecule has 1 atom stereocenters. The fourth-order valence-electron chi connectivity index (χ4n) is 3.76. The van der Waals surface area contributed by atoms with Crippen LogP contribution in [0.25, 0.3) is 0 Å². The molecule has 6 nitrogen and oxygen atoms in total. The van der Waals surface area contributed by atoms with Crippen molar-refractivity contribution in [1.29, 1.82) is 0 Å². The van der Waals surface area contributed by atoms with Crippen molar-refractivity contribution in [3.63, 3.8) is 0 Å². The van der Waals surface area contributed by atoms with E-state index in [1.807, 2.05) is 24.3 Å². The van der Waals surface area contributed by atoms with E-state index in [4.69, 9.17) is 0 Å². The number of sulfone groups is 1. The van der Waals surface area contributed by atoms with Crippen LogP contribution in [-0.2, 0) is 25.8 Å². The maximum Gasteiger partial charge on any atom is 0.228 e. The second-order valence-electron chi connectivity index (χ2n) is 6.80. The normalized spacial score (nSPS) is 21.6. The van der Waals surface area contributed by atoms with Gasteiger partial charge in [0.2, 0.25) is 11.8 Å². The smallest absolute Gasteiger partial charge is 0.228 e. The molecule has 1 unspecified atom stereocenters. The molecule has 2 aliphatic rings. The van der Waals surface area contributed by atoms with Crippen LogP contribution in [0.4, 0.5) is 5.69 Å². The molecule has 7 heteroatoms. The average Bonchev–Trinajstić information content (AvgIpc) is 2.93. The summed E-state index contributed by atoms with van der Waals surface area (Å²) in [6.45, 7) is 2.40. The molecule has 136 valence electrons. The number of carbonyl (C=O) groups excluding carboxylic acids is 2. The number of aryl methyl sites for hydroxylation is 1. The van der Waals surface area contributed by atoms with E-state index in [1.54, 1.807) is 9.80 Å². The lowest BCUT2D eigenvalue weighted by atomic mass is 10.0. The minimum absolute atomic E-state index is 0.00726. The molecule has 25 heavy (non-hydrogen) atoms. The molecular weight excluding hydrogens is 340 g/mol. The Morgan fingerprint density at radius 3 is 2.72 bits per heavy atom. The molecule has 0 spiro atoms. The zero-order valence-electron chi connectivity index (χ0n) is 14.5. The lowest BCUT2D eigenvalue weighted by Gasteiger charge is -2.31. The minimum atomic E-state index is -3.06. The summed E-state index contributed by atoms with van der Waals surface area (Å²) in [7, 11) is -3.06. The zero-order valence-corrected chi connectivity index (χ0v) is 15.3. The Morgan fingerprint density at radius 1 is 1.28 bits per heavy atom. The number of amides is 2. The summed E-state index contributed by atoms with van der Waals surface area (Å²) < 4.78 is 23.4. The van der Waals surface area contributed by atoms with E-state index < -0.39 is 9.84 Å². The molecule has 2 amide bonds. The Bertz CT molecular complexity index is 775. The fourth-order valence-corrected chi connectivity index (χ4v) is 5.49. The molecule has 1 aromatic rings. The topological polar surface area (TPSA) is 74.8 Å². The third kappa shape index (κ3) is 4.03. The second kappa shape index (κ2) is 7.15. The average molecular weight is 364 g/mol. The molecule has 2 heterocycles. The lowest BCUT2D eigenvalue weighted by molar-refractivity contribution is -0.131. The molecule has 0 N–H and O–H groups in total. The third-order valence-electron chi connectivity index (χ3n) is 5.03. The van der Waals surface area contributed by atoms with E-state index in [0.717, 1.165) is 18.5 Å². The van der Waals surface area contributed by atoms with Crippen molar-refractivity contribution in [2.45, 2.75) is 38.6 Å². The van der Waals surface area contributed by atoms with Crippen LogP contribution in [0, 0.1) is 0 Å². The highest BCUT2D eigenvalue weighted by atomic mass is 32.2. The highest BCUT2D eigenvalue weighted by Gasteiger charge is 2.34. The van der Waals surface area contributed by atoms with Gasteiger partial charge in [0.15, 0.2) is 9.84 Å². The summed E-state index contributed by atoms with van der Waals surface area (Å²) in [6.07, 6.45) is 2.58. The molecule has 1 aromatic carbocycles. The number of anilines is 1. The van der Waals surface area contributed by atoms with Crippen molar-refractivity contribution in [2.75, 3.05) is 29.5 Å². The van der Waals surface area contributed by atoms with E-state index >= 15 is 0 Å². The number of hydrogen-bond donors (Lipinski definition) is 0. The number of benzene rings is 1. The van der Waals surface area contributed by atoms with Crippen LogP contribution in [0.3, 0.4) is 0 Å². The summed E-state index contributed by atoms with van der Waals surface area (Å²) >= 11 is 0. The highest BCUT2D eigenvalue weighted by Crippen LogP contribution is 2.27. The first kappa shape index (κ1) is 17.9. The molecule has 1 saturated heterocycles. The maximum absolute atomic E-state index is 12.7. The monoisotopic (exact) mass is 364 g/mol. The Kier molecular flexibility index (Phi) is 5.13. The van der Waals surface area contributed by atoms with Crippen LogP contribution < -0.4 is 4.90 Å². The summed E-state index contributed by atoms with van der Waals surface area (Å²) in [5, 5.41) is 0. The van der Waals surface area contributed by atoms with Crippen LogP contribution in [0.15, 0.2) is 24.3 Å². The fraction of sp³-hybridized carbons (Fsp3) is 0.556. The number of carbonyl (C=O) groups is 2. The zero-order chi connectivity index (χ0) is 18.0. The molecule has 0 aliphatic carbocycles. The Hall–Kier alpha value is -1.89. The number of para-hydroxylation sites is 1. The maximum atomic E-state index is 12.7.